The monoisotopic (exact) mass is 470 g/mol. The van der Waals surface area contributed by atoms with Crippen LogP contribution in [0, 0.1) is 12.8 Å². The molecule has 3 heterocycles. The van der Waals surface area contributed by atoms with Crippen LogP contribution in [-0.2, 0) is 11.3 Å². The summed E-state index contributed by atoms with van der Waals surface area (Å²) in [5, 5.41) is 17.1. The number of aromatic nitrogens is 2. The van der Waals surface area contributed by atoms with Crippen molar-refractivity contribution in [2.75, 3.05) is 37.7 Å². The van der Waals surface area contributed by atoms with Crippen LogP contribution in [0.2, 0.25) is 0 Å². The molecular formula is C25H34N4O3S. The number of rotatable bonds is 10. The van der Waals surface area contributed by atoms with Crippen molar-refractivity contribution in [1.29, 1.82) is 0 Å². The normalized spacial score (nSPS) is 15.8. The largest absolute Gasteiger partial charge is 0.508 e. The number of nitrogens with zero attached hydrogens (tertiary/aromatic N) is 3. The van der Waals surface area contributed by atoms with E-state index in [1.807, 2.05) is 13.0 Å². The molecule has 0 bridgehead atoms. The lowest BCUT2D eigenvalue weighted by Crippen LogP contribution is -2.44. The van der Waals surface area contributed by atoms with Gasteiger partial charge in [-0.1, -0.05) is 6.92 Å². The van der Waals surface area contributed by atoms with Crippen LogP contribution in [0.15, 0.2) is 29.9 Å². The maximum absolute atomic E-state index is 9.96. The topological polar surface area (TPSA) is 79.7 Å². The molecule has 0 radical (unpaired) electrons. The first-order valence-corrected chi connectivity index (χ1v) is 12.6. The smallest absolute Gasteiger partial charge is 0.141 e. The molecule has 0 saturated carbocycles. The lowest BCUT2D eigenvalue weighted by Gasteiger charge is -2.34. The van der Waals surface area contributed by atoms with Gasteiger partial charge in [-0.25, -0.2) is 9.97 Å². The average Bonchev–Trinajstić information content (AvgIpc) is 3.22. The van der Waals surface area contributed by atoms with Crippen molar-refractivity contribution in [2.24, 2.45) is 5.92 Å². The van der Waals surface area contributed by atoms with Gasteiger partial charge in [-0.15, -0.1) is 11.3 Å². The third-order valence-corrected chi connectivity index (χ3v) is 7.13. The minimum absolute atomic E-state index is 0.244. The van der Waals surface area contributed by atoms with E-state index in [1.165, 1.54) is 10.9 Å². The number of hydrogen-bond acceptors (Lipinski definition) is 8. The second-order valence-corrected chi connectivity index (χ2v) is 9.67. The van der Waals surface area contributed by atoms with E-state index in [2.05, 4.69) is 39.4 Å². The van der Waals surface area contributed by atoms with Gasteiger partial charge in [0.1, 0.15) is 28.5 Å². The number of phenolic OH excluding ortho intramolecular Hbond substituents is 1. The second-order valence-electron chi connectivity index (χ2n) is 8.81. The van der Waals surface area contributed by atoms with Gasteiger partial charge in [0.15, 0.2) is 0 Å². The van der Waals surface area contributed by atoms with Crippen molar-refractivity contribution in [1.82, 2.24) is 15.3 Å². The van der Waals surface area contributed by atoms with Crippen LogP contribution in [0.25, 0.3) is 10.2 Å². The molecule has 178 valence electrons. The Morgan fingerprint density at radius 1 is 1.27 bits per heavy atom. The number of benzene rings is 1. The van der Waals surface area contributed by atoms with Crippen molar-refractivity contribution in [3.63, 3.8) is 0 Å². The van der Waals surface area contributed by atoms with Gasteiger partial charge < -0.3 is 24.8 Å². The third kappa shape index (κ3) is 5.93. The molecule has 1 atom stereocenters. The summed E-state index contributed by atoms with van der Waals surface area (Å²) in [6.45, 7) is 10.8. The van der Waals surface area contributed by atoms with Crippen LogP contribution in [0.1, 0.15) is 37.8 Å². The number of thiophene rings is 1. The molecule has 2 aromatic heterocycles. The summed E-state index contributed by atoms with van der Waals surface area (Å²) in [7, 11) is 0. The van der Waals surface area contributed by atoms with Crippen molar-refractivity contribution < 1.29 is 14.6 Å². The van der Waals surface area contributed by atoms with Gasteiger partial charge in [0, 0.05) is 43.8 Å². The number of ether oxygens (including phenoxy) is 2. The summed E-state index contributed by atoms with van der Waals surface area (Å²) < 4.78 is 11.4. The molecule has 3 aromatic rings. The van der Waals surface area contributed by atoms with Crippen LogP contribution < -0.4 is 15.0 Å². The van der Waals surface area contributed by atoms with E-state index in [4.69, 9.17) is 9.47 Å². The summed E-state index contributed by atoms with van der Waals surface area (Å²) >= 11 is 1.69. The van der Waals surface area contributed by atoms with Gasteiger partial charge in [-0.3, -0.25) is 0 Å². The van der Waals surface area contributed by atoms with E-state index in [1.54, 1.807) is 29.8 Å². The number of hydrogen-bond donors (Lipinski definition) is 2. The molecule has 1 aliphatic heterocycles. The molecule has 4 rings (SSSR count). The van der Waals surface area contributed by atoms with Gasteiger partial charge in [-0.2, -0.15) is 0 Å². The minimum atomic E-state index is 0.244. The average molecular weight is 471 g/mol. The Kier molecular flexibility index (Phi) is 8.01. The zero-order valence-electron chi connectivity index (χ0n) is 19.7. The van der Waals surface area contributed by atoms with Crippen LogP contribution >= 0.6 is 11.3 Å². The first-order valence-electron chi connectivity index (χ1n) is 11.7. The molecule has 2 N–H and O–H groups in total. The Morgan fingerprint density at radius 3 is 2.88 bits per heavy atom. The maximum Gasteiger partial charge on any atom is 0.141 e. The highest BCUT2D eigenvalue weighted by Gasteiger charge is 2.23. The molecule has 1 saturated heterocycles. The van der Waals surface area contributed by atoms with Gasteiger partial charge >= 0.3 is 0 Å². The van der Waals surface area contributed by atoms with Crippen LogP contribution in [0.4, 0.5) is 5.82 Å². The lowest BCUT2D eigenvalue weighted by atomic mass is 10.0. The van der Waals surface area contributed by atoms with E-state index in [-0.39, 0.29) is 5.75 Å². The van der Waals surface area contributed by atoms with E-state index in [0.29, 0.717) is 31.8 Å². The molecule has 7 nitrogen and oxygen atoms in total. The van der Waals surface area contributed by atoms with Crippen LogP contribution in [0.3, 0.4) is 0 Å². The molecule has 8 heteroatoms. The zero-order valence-corrected chi connectivity index (χ0v) is 20.5. The third-order valence-electron chi connectivity index (χ3n) is 6.13. The van der Waals surface area contributed by atoms with Gasteiger partial charge in [0.05, 0.1) is 18.6 Å². The zero-order chi connectivity index (χ0) is 23.2. The predicted octanol–water partition coefficient (Wildman–Crippen LogP) is 4.52. The summed E-state index contributed by atoms with van der Waals surface area (Å²) in [6.07, 6.45) is 3.88. The lowest BCUT2D eigenvalue weighted by molar-refractivity contribution is 0.131. The summed E-state index contributed by atoms with van der Waals surface area (Å²) in [4.78, 5) is 12.5. The summed E-state index contributed by atoms with van der Waals surface area (Å²) in [5.74, 6) is 2.47. The molecule has 1 aliphatic rings. The molecular weight excluding hydrogens is 436 g/mol. The standard InChI is InChI=1S/C25H34N4O3S/c1-4-31-14-19-11-21(5-6-22(19)30)32-13-17(2)12-26-20-7-9-29(10-8-20)24-23-18(3)15-33-25(23)28-16-27-24/h5-6,11,15-17,20,26,30H,4,7-10,12-14H2,1-3H3. The molecule has 1 fully saturated rings. The van der Waals surface area contributed by atoms with Crippen molar-refractivity contribution in [3.8, 4) is 11.5 Å². The Bertz CT molecular complexity index is 1050. The number of nitrogens with one attached hydrogen (secondary N) is 1. The SMILES string of the molecule is CCOCc1cc(OCC(C)CNC2CCN(c3ncnc4scc(C)c34)CC2)ccc1O. The quantitative estimate of drug-likeness (QED) is 0.451. The van der Waals surface area contributed by atoms with E-state index in [9.17, 15) is 5.11 Å². The molecule has 1 aromatic carbocycles. The molecule has 1 unspecified atom stereocenters. The van der Waals surface area contributed by atoms with Gasteiger partial charge in [0.2, 0.25) is 0 Å². The highest BCUT2D eigenvalue weighted by Crippen LogP contribution is 2.32. The first kappa shape index (κ1) is 23.7. The predicted molar refractivity (Wildman–Crippen MR) is 133 cm³/mol. The van der Waals surface area contributed by atoms with Crippen molar-refractivity contribution in [2.45, 2.75) is 46.3 Å². The van der Waals surface area contributed by atoms with Crippen LogP contribution in [0.5, 0.6) is 11.5 Å². The van der Waals surface area contributed by atoms with Crippen molar-refractivity contribution >= 4 is 27.4 Å². The summed E-state index contributed by atoms with van der Waals surface area (Å²) in [5.41, 5.74) is 2.02. The highest BCUT2D eigenvalue weighted by molar-refractivity contribution is 7.17. The number of fused-ring (bicyclic) bond motifs is 1. The second kappa shape index (κ2) is 11.1. The molecule has 0 spiro atoms. The van der Waals surface area contributed by atoms with Crippen molar-refractivity contribution in [3.05, 3.63) is 41.0 Å². The maximum atomic E-state index is 9.96. The highest BCUT2D eigenvalue weighted by atomic mass is 32.1. The number of piperidine rings is 1. The minimum Gasteiger partial charge on any atom is -0.508 e. The Hall–Kier alpha value is -2.42. The Balaban J connectivity index is 1.22. The fourth-order valence-corrected chi connectivity index (χ4v) is 5.06. The Labute approximate surface area is 199 Å². The van der Waals surface area contributed by atoms with Gasteiger partial charge in [0.25, 0.3) is 0 Å². The van der Waals surface area contributed by atoms with Crippen LogP contribution in [-0.4, -0.2) is 54.0 Å². The fourth-order valence-electron chi connectivity index (χ4n) is 4.18. The van der Waals surface area contributed by atoms with Gasteiger partial charge in [-0.05, 0) is 55.8 Å². The fraction of sp³-hybridized carbons (Fsp3) is 0.520. The number of aryl methyl sites for hydroxylation is 1. The first-order chi connectivity index (χ1) is 16.0. The number of anilines is 1. The van der Waals surface area contributed by atoms with E-state index in [0.717, 1.165) is 54.4 Å². The number of phenols is 1. The van der Waals surface area contributed by atoms with E-state index >= 15 is 0 Å². The summed E-state index contributed by atoms with van der Waals surface area (Å²) in [6, 6.07) is 5.85. The number of aromatic hydroxyl groups is 1. The molecule has 0 amide bonds. The van der Waals surface area contributed by atoms with E-state index < -0.39 is 0 Å². The molecule has 33 heavy (non-hydrogen) atoms. The molecule has 0 aliphatic carbocycles. The Morgan fingerprint density at radius 2 is 2.09 bits per heavy atom.